The maximum absolute atomic E-state index is 12.5. The summed E-state index contributed by atoms with van der Waals surface area (Å²) in [6, 6.07) is 1.92. The van der Waals surface area contributed by atoms with Gasteiger partial charge in [-0.1, -0.05) is 0 Å². The standard InChI is InChI=1S/C18H29N5O2/c1-14(23-9-3-8-20-23)18(25)21(2)13-17(24)22-10-6-16(7-11-22)19-12-15-4-5-15/h3,8-9,14-16,19H,4-7,10-13H2,1-2H3. The molecule has 0 radical (unpaired) electrons. The first-order chi connectivity index (χ1) is 12.0. The lowest BCUT2D eigenvalue weighted by Gasteiger charge is -2.33. The number of carbonyl (C=O) groups is 2. The van der Waals surface area contributed by atoms with Crippen molar-refractivity contribution in [1.82, 2.24) is 24.9 Å². The average molecular weight is 347 g/mol. The Hall–Kier alpha value is -1.89. The number of aromatic nitrogens is 2. The van der Waals surface area contributed by atoms with Crippen LogP contribution in [0, 0.1) is 5.92 Å². The summed E-state index contributed by atoms with van der Waals surface area (Å²) in [7, 11) is 1.68. The van der Waals surface area contributed by atoms with Crippen molar-refractivity contribution in [3.8, 4) is 0 Å². The van der Waals surface area contributed by atoms with Crippen LogP contribution in [-0.4, -0.2) is 70.7 Å². The molecule has 1 N–H and O–H groups in total. The molecule has 2 fully saturated rings. The monoisotopic (exact) mass is 347 g/mol. The summed E-state index contributed by atoms with van der Waals surface area (Å²) >= 11 is 0. The van der Waals surface area contributed by atoms with Crippen molar-refractivity contribution < 1.29 is 9.59 Å². The van der Waals surface area contributed by atoms with Crippen LogP contribution in [0.4, 0.5) is 0 Å². The summed E-state index contributed by atoms with van der Waals surface area (Å²) in [5.74, 6) is 0.818. The van der Waals surface area contributed by atoms with Crippen LogP contribution in [0.5, 0.6) is 0 Å². The van der Waals surface area contributed by atoms with E-state index < -0.39 is 6.04 Å². The van der Waals surface area contributed by atoms with Gasteiger partial charge in [0.05, 0.1) is 6.54 Å². The first kappa shape index (κ1) is 17.9. The van der Waals surface area contributed by atoms with Crippen LogP contribution in [0.25, 0.3) is 0 Å². The third kappa shape index (κ3) is 4.81. The molecule has 2 aliphatic rings. The van der Waals surface area contributed by atoms with E-state index in [1.165, 1.54) is 17.7 Å². The molecule has 1 atom stereocenters. The Morgan fingerprint density at radius 2 is 2.00 bits per heavy atom. The fourth-order valence-electron chi connectivity index (χ4n) is 3.31. The Balaban J connectivity index is 1.41. The maximum Gasteiger partial charge on any atom is 0.247 e. The number of amides is 2. The normalized spacial score (nSPS) is 19.7. The van der Waals surface area contributed by atoms with Crippen LogP contribution < -0.4 is 5.32 Å². The molecule has 1 aliphatic heterocycles. The fourth-order valence-corrected chi connectivity index (χ4v) is 3.31. The van der Waals surface area contributed by atoms with Gasteiger partial charge in [-0.05, 0) is 51.1 Å². The molecule has 1 aromatic heterocycles. The van der Waals surface area contributed by atoms with Gasteiger partial charge in [-0.15, -0.1) is 0 Å². The number of carbonyl (C=O) groups excluding carboxylic acids is 2. The van der Waals surface area contributed by atoms with Crippen molar-refractivity contribution in [2.45, 2.75) is 44.7 Å². The zero-order valence-electron chi connectivity index (χ0n) is 15.2. The van der Waals surface area contributed by atoms with E-state index in [0.717, 1.165) is 38.4 Å². The lowest BCUT2D eigenvalue weighted by molar-refractivity contribution is -0.141. The molecule has 3 rings (SSSR count). The van der Waals surface area contributed by atoms with Gasteiger partial charge in [-0.3, -0.25) is 14.3 Å². The summed E-state index contributed by atoms with van der Waals surface area (Å²) in [6.07, 6.45) is 8.14. The van der Waals surface area contributed by atoms with Crippen molar-refractivity contribution >= 4 is 11.8 Å². The van der Waals surface area contributed by atoms with E-state index in [-0.39, 0.29) is 18.4 Å². The maximum atomic E-state index is 12.5. The van der Waals surface area contributed by atoms with E-state index in [4.69, 9.17) is 0 Å². The molecule has 138 valence electrons. The van der Waals surface area contributed by atoms with Crippen molar-refractivity contribution in [2.75, 3.05) is 33.2 Å². The van der Waals surface area contributed by atoms with E-state index in [9.17, 15) is 9.59 Å². The number of nitrogens with one attached hydrogen (secondary N) is 1. The van der Waals surface area contributed by atoms with E-state index in [1.807, 2.05) is 4.90 Å². The Bertz CT molecular complexity index is 576. The highest BCUT2D eigenvalue weighted by molar-refractivity contribution is 5.86. The van der Waals surface area contributed by atoms with E-state index >= 15 is 0 Å². The predicted molar refractivity (Wildman–Crippen MR) is 94.9 cm³/mol. The number of likely N-dealkylation sites (tertiary alicyclic amines) is 1. The molecule has 1 saturated heterocycles. The number of nitrogens with zero attached hydrogens (tertiary/aromatic N) is 4. The Kier molecular flexibility index (Phi) is 5.73. The zero-order chi connectivity index (χ0) is 17.8. The minimum absolute atomic E-state index is 0.0316. The second-order valence-electron chi connectivity index (χ2n) is 7.36. The third-order valence-electron chi connectivity index (χ3n) is 5.27. The van der Waals surface area contributed by atoms with Gasteiger partial charge in [-0.25, -0.2) is 0 Å². The number of rotatable bonds is 7. The highest BCUT2D eigenvalue weighted by Gasteiger charge is 2.27. The molecule has 0 bridgehead atoms. The van der Waals surface area contributed by atoms with E-state index in [0.29, 0.717) is 6.04 Å². The molecule has 2 heterocycles. The molecular weight excluding hydrogens is 318 g/mol. The molecule has 1 unspecified atom stereocenters. The van der Waals surface area contributed by atoms with Gasteiger partial charge in [0.25, 0.3) is 0 Å². The summed E-state index contributed by atoms with van der Waals surface area (Å²) in [4.78, 5) is 28.3. The van der Waals surface area contributed by atoms with Gasteiger partial charge in [0.1, 0.15) is 6.04 Å². The molecule has 7 heteroatoms. The summed E-state index contributed by atoms with van der Waals surface area (Å²) in [5.41, 5.74) is 0. The molecule has 1 aliphatic carbocycles. The molecule has 1 aromatic rings. The minimum Gasteiger partial charge on any atom is -0.341 e. The van der Waals surface area contributed by atoms with Crippen LogP contribution in [0.2, 0.25) is 0 Å². The van der Waals surface area contributed by atoms with Crippen LogP contribution in [0.3, 0.4) is 0 Å². The second-order valence-corrected chi connectivity index (χ2v) is 7.36. The van der Waals surface area contributed by atoms with Crippen LogP contribution in [0.15, 0.2) is 18.5 Å². The highest BCUT2D eigenvalue weighted by Crippen LogP contribution is 2.28. The van der Waals surface area contributed by atoms with Crippen molar-refractivity contribution in [3.63, 3.8) is 0 Å². The van der Waals surface area contributed by atoms with Gasteiger partial charge in [0, 0.05) is 38.6 Å². The van der Waals surface area contributed by atoms with Crippen LogP contribution in [0.1, 0.15) is 38.6 Å². The lowest BCUT2D eigenvalue weighted by atomic mass is 10.0. The number of piperidine rings is 1. The van der Waals surface area contributed by atoms with Gasteiger partial charge in [0.2, 0.25) is 11.8 Å². The summed E-state index contributed by atoms with van der Waals surface area (Å²) < 4.78 is 1.61. The molecule has 1 saturated carbocycles. The molecule has 2 amide bonds. The van der Waals surface area contributed by atoms with Crippen LogP contribution in [-0.2, 0) is 9.59 Å². The third-order valence-corrected chi connectivity index (χ3v) is 5.27. The summed E-state index contributed by atoms with van der Waals surface area (Å²) in [5, 5.41) is 7.72. The van der Waals surface area contributed by atoms with Gasteiger partial charge in [-0.2, -0.15) is 5.10 Å². The van der Waals surface area contributed by atoms with Gasteiger partial charge < -0.3 is 15.1 Å². The van der Waals surface area contributed by atoms with E-state index in [2.05, 4.69) is 10.4 Å². The van der Waals surface area contributed by atoms with Crippen molar-refractivity contribution in [3.05, 3.63) is 18.5 Å². The first-order valence-electron chi connectivity index (χ1n) is 9.30. The summed E-state index contributed by atoms with van der Waals surface area (Å²) in [6.45, 7) is 4.61. The smallest absolute Gasteiger partial charge is 0.247 e. The zero-order valence-corrected chi connectivity index (χ0v) is 15.2. The fraction of sp³-hybridized carbons (Fsp3) is 0.722. The average Bonchev–Trinajstić information content (AvgIpc) is 3.30. The Labute approximate surface area is 149 Å². The largest absolute Gasteiger partial charge is 0.341 e. The minimum atomic E-state index is -0.398. The number of likely N-dealkylation sites (N-methyl/N-ethyl adjacent to an activating group) is 1. The SMILES string of the molecule is CC(C(=O)N(C)CC(=O)N1CCC(NCC2CC2)CC1)n1cccn1. The van der Waals surface area contributed by atoms with Gasteiger partial charge >= 0.3 is 0 Å². The number of hydrogen-bond donors (Lipinski definition) is 1. The highest BCUT2D eigenvalue weighted by atomic mass is 16.2. The first-order valence-corrected chi connectivity index (χ1v) is 9.30. The number of hydrogen-bond acceptors (Lipinski definition) is 4. The molecule has 0 spiro atoms. The predicted octanol–water partition coefficient (Wildman–Crippen LogP) is 0.893. The molecular formula is C18H29N5O2. The topological polar surface area (TPSA) is 70.5 Å². The van der Waals surface area contributed by atoms with Crippen LogP contribution >= 0.6 is 0 Å². The molecule has 7 nitrogen and oxygen atoms in total. The van der Waals surface area contributed by atoms with Gasteiger partial charge in [0.15, 0.2) is 0 Å². The molecule has 0 aromatic carbocycles. The Morgan fingerprint density at radius 3 is 2.60 bits per heavy atom. The van der Waals surface area contributed by atoms with E-state index in [1.54, 1.807) is 37.1 Å². The second kappa shape index (κ2) is 7.99. The van der Waals surface area contributed by atoms with Crippen molar-refractivity contribution in [2.24, 2.45) is 5.92 Å². The Morgan fingerprint density at radius 1 is 1.28 bits per heavy atom. The van der Waals surface area contributed by atoms with Crippen molar-refractivity contribution in [1.29, 1.82) is 0 Å². The lowest BCUT2D eigenvalue weighted by Crippen LogP contribution is -2.49. The quantitative estimate of drug-likeness (QED) is 0.795. The molecule has 25 heavy (non-hydrogen) atoms.